The molecule has 6 heteroatoms. The molecule has 1 aromatic carbocycles. The highest BCUT2D eigenvalue weighted by molar-refractivity contribution is 7.99. The lowest BCUT2D eigenvalue weighted by Gasteiger charge is -2.32. The molecule has 138 valence electrons. The number of benzene rings is 1. The van der Waals surface area contributed by atoms with E-state index in [1.807, 2.05) is 43.0 Å². The summed E-state index contributed by atoms with van der Waals surface area (Å²) in [4.78, 5) is 23.1. The van der Waals surface area contributed by atoms with Crippen molar-refractivity contribution in [3.63, 3.8) is 0 Å². The summed E-state index contributed by atoms with van der Waals surface area (Å²) in [6.07, 6.45) is 1.84. The van der Waals surface area contributed by atoms with E-state index in [1.54, 1.807) is 11.8 Å². The molecule has 1 aromatic heterocycles. The van der Waals surface area contributed by atoms with Crippen LogP contribution in [0, 0.1) is 13.8 Å². The molecule has 1 unspecified atom stereocenters. The lowest BCUT2D eigenvalue weighted by Crippen LogP contribution is -2.45. The molecule has 5 nitrogen and oxygen atoms in total. The van der Waals surface area contributed by atoms with Gasteiger partial charge in [-0.15, -0.1) is 11.8 Å². The molecule has 1 saturated heterocycles. The van der Waals surface area contributed by atoms with Crippen molar-refractivity contribution in [2.24, 2.45) is 0 Å². The van der Waals surface area contributed by atoms with Crippen molar-refractivity contribution in [3.8, 4) is 6.01 Å². The van der Waals surface area contributed by atoms with Gasteiger partial charge in [0.15, 0.2) is 0 Å². The van der Waals surface area contributed by atoms with E-state index in [4.69, 9.17) is 4.74 Å². The molecule has 0 aliphatic carbocycles. The molecule has 26 heavy (non-hydrogen) atoms. The van der Waals surface area contributed by atoms with Crippen LogP contribution in [0.2, 0.25) is 0 Å². The van der Waals surface area contributed by atoms with Gasteiger partial charge in [-0.1, -0.05) is 30.3 Å². The average Bonchev–Trinajstić information content (AvgIpc) is 2.62. The average molecular weight is 372 g/mol. The predicted molar refractivity (Wildman–Crippen MR) is 104 cm³/mol. The highest BCUT2D eigenvalue weighted by Crippen LogP contribution is 2.18. The summed E-state index contributed by atoms with van der Waals surface area (Å²) in [6.45, 7) is 5.28. The van der Waals surface area contributed by atoms with E-state index in [2.05, 4.69) is 22.1 Å². The summed E-state index contributed by atoms with van der Waals surface area (Å²) in [5.41, 5.74) is 3.04. The smallest absolute Gasteiger partial charge is 0.317 e. The van der Waals surface area contributed by atoms with Crippen molar-refractivity contribution >= 4 is 17.7 Å². The number of ether oxygens (including phenoxy) is 1. The van der Waals surface area contributed by atoms with Gasteiger partial charge in [-0.3, -0.25) is 4.79 Å². The number of amides is 1. The Morgan fingerprint density at radius 2 is 1.96 bits per heavy atom. The molecule has 0 saturated carbocycles. The van der Waals surface area contributed by atoms with Crippen LogP contribution in [0.25, 0.3) is 0 Å². The van der Waals surface area contributed by atoms with Crippen LogP contribution in [-0.2, 0) is 10.5 Å². The van der Waals surface area contributed by atoms with Crippen LogP contribution < -0.4 is 4.74 Å². The first kappa shape index (κ1) is 18.7. The van der Waals surface area contributed by atoms with E-state index >= 15 is 0 Å². The SMILES string of the molecule is Cc1cc(C)nc(OC2CCCN(C(=O)CSCc3ccccc3)C2)n1. The number of hydrogen-bond donors (Lipinski definition) is 0. The Bertz CT molecular complexity index is 719. The Morgan fingerprint density at radius 1 is 1.23 bits per heavy atom. The van der Waals surface area contributed by atoms with Crippen molar-refractivity contribution < 1.29 is 9.53 Å². The Hall–Kier alpha value is -2.08. The van der Waals surface area contributed by atoms with Crippen LogP contribution in [-0.4, -0.2) is 45.7 Å². The summed E-state index contributed by atoms with van der Waals surface area (Å²) >= 11 is 1.66. The van der Waals surface area contributed by atoms with Gasteiger partial charge in [0.2, 0.25) is 5.91 Å². The molecule has 1 fully saturated rings. The van der Waals surface area contributed by atoms with Crippen LogP contribution in [0.5, 0.6) is 6.01 Å². The number of aryl methyl sites for hydroxylation is 2. The Labute approximate surface area is 159 Å². The lowest BCUT2D eigenvalue weighted by molar-refractivity contribution is -0.131. The minimum atomic E-state index is -0.0342. The summed E-state index contributed by atoms with van der Waals surface area (Å²) in [5, 5.41) is 0. The summed E-state index contributed by atoms with van der Waals surface area (Å²) < 4.78 is 5.95. The lowest BCUT2D eigenvalue weighted by atomic mass is 10.1. The number of carbonyl (C=O) groups excluding carboxylic acids is 1. The minimum Gasteiger partial charge on any atom is -0.458 e. The largest absolute Gasteiger partial charge is 0.458 e. The zero-order valence-corrected chi connectivity index (χ0v) is 16.2. The maximum absolute atomic E-state index is 12.5. The highest BCUT2D eigenvalue weighted by atomic mass is 32.2. The molecule has 2 aromatic rings. The molecule has 1 aliphatic heterocycles. The number of carbonyl (C=O) groups is 1. The number of piperidine rings is 1. The van der Waals surface area contributed by atoms with Crippen molar-refractivity contribution in [2.45, 2.75) is 38.5 Å². The van der Waals surface area contributed by atoms with Crippen LogP contribution in [0.3, 0.4) is 0 Å². The zero-order valence-electron chi connectivity index (χ0n) is 15.4. The molecule has 1 aliphatic rings. The second-order valence-electron chi connectivity index (χ2n) is 6.63. The third-order valence-electron chi connectivity index (χ3n) is 4.30. The summed E-state index contributed by atoms with van der Waals surface area (Å²) in [7, 11) is 0. The van der Waals surface area contributed by atoms with Gasteiger partial charge in [-0.2, -0.15) is 0 Å². The second kappa shape index (κ2) is 9.03. The van der Waals surface area contributed by atoms with E-state index in [9.17, 15) is 4.79 Å². The van der Waals surface area contributed by atoms with Gasteiger partial charge in [0, 0.05) is 23.7 Å². The highest BCUT2D eigenvalue weighted by Gasteiger charge is 2.25. The van der Waals surface area contributed by atoms with E-state index in [0.717, 1.165) is 36.5 Å². The van der Waals surface area contributed by atoms with E-state index in [-0.39, 0.29) is 12.0 Å². The molecule has 0 bridgehead atoms. The topological polar surface area (TPSA) is 55.3 Å². The van der Waals surface area contributed by atoms with Gasteiger partial charge >= 0.3 is 6.01 Å². The van der Waals surface area contributed by atoms with Crippen molar-refractivity contribution in [1.82, 2.24) is 14.9 Å². The van der Waals surface area contributed by atoms with Crippen LogP contribution >= 0.6 is 11.8 Å². The first-order valence-electron chi connectivity index (χ1n) is 8.98. The maximum Gasteiger partial charge on any atom is 0.317 e. The third kappa shape index (κ3) is 5.46. The molecule has 1 atom stereocenters. The van der Waals surface area contributed by atoms with Crippen LogP contribution in [0.4, 0.5) is 0 Å². The van der Waals surface area contributed by atoms with Crippen molar-refractivity contribution in [3.05, 3.63) is 53.3 Å². The number of aromatic nitrogens is 2. The molecule has 1 amide bonds. The molecule has 0 N–H and O–H groups in total. The van der Waals surface area contributed by atoms with Gasteiger partial charge in [-0.25, -0.2) is 9.97 Å². The monoisotopic (exact) mass is 371 g/mol. The summed E-state index contributed by atoms with van der Waals surface area (Å²) in [6, 6.07) is 12.6. The summed E-state index contributed by atoms with van der Waals surface area (Å²) in [5.74, 6) is 1.54. The number of thioether (sulfide) groups is 1. The van der Waals surface area contributed by atoms with E-state index in [1.165, 1.54) is 5.56 Å². The number of nitrogens with zero attached hydrogens (tertiary/aromatic N) is 3. The van der Waals surface area contributed by atoms with Crippen LogP contribution in [0.1, 0.15) is 29.8 Å². The van der Waals surface area contributed by atoms with E-state index in [0.29, 0.717) is 18.3 Å². The maximum atomic E-state index is 12.5. The quantitative estimate of drug-likeness (QED) is 0.779. The van der Waals surface area contributed by atoms with Gasteiger partial charge in [0.1, 0.15) is 6.10 Å². The fourth-order valence-electron chi connectivity index (χ4n) is 3.08. The Kier molecular flexibility index (Phi) is 6.50. The number of likely N-dealkylation sites (tertiary alicyclic amines) is 1. The predicted octanol–water partition coefficient (Wildman–Crippen LogP) is 3.40. The van der Waals surface area contributed by atoms with Gasteiger partial charge in [0.05, 0.1) is 12.3 Å². The molecule has 3 rings (SSSR count). The van der Waals surface area contributed by atoms with Crippen molar-refractivity contribution in [1.29, 1.82) is 0 Å². The van der Waals surface area contributed by atoms with Crippen LogP contribution in [0.15, 0.2) is 36.4 Å². The van der Waals surface area contributed by atoms with Crippen molar-refractivity contribution in [2.75, 3.05) is 18.8 Å². The van der Waals surface area contributed by atoms with E-state index < -0.39 is 0 Å². The number of hydrogen-bond acceptors (Lipinski definition) is 5. The fraction of sp³-hybridized carbons (Fsp3) is 0.450. The second-order valence-corrected chi connectivity index (χ2v) is 7.62. The molecular formula is C20H25N3O2S. The van der Waals surface area contributed by atoms with Gasteiger partial charge in [0.25, 0.3) is 0 Å². The van der Waals surface area contributed by atoms with Gasteiger partial charge in [-0.05, 0) is 38.3 Å². The molecule has 0 spiro atoms. The molecule has 0 radical (unpaired) electrons. The third-order valence-corrected chi connectivity index (χ3v) is 5.29. The fourth-order valence-corrected chi connectivity index (χ4v) is 3.97. The number of rotatable bonds is 6. The minimum absolute atomic E-state index is 0.0342. The molecule has 2 heterocycles. The first-order valence-corrected chi connectivity index (χ1v) is 10.1. The Morgan fingerprint density at radius 3 is 2.69 bits per heavy atom. The van der Waals surface area contributed by atoms with Gasteiger partial charge < -0.3 is 9.64 Å². The molecular weight excluding hydrogens is 346 g/mol. The Balaban J connectivity index is 1.48. The first-order chi connectivity index (χ1) is 12.6. The zero-order chi connectivity index (χ0) is 18.4. The standard InChI is InChI=1S/C20H25N3O2S/c1-15-11-16(2)22-20(21-15)25-18-9-6-10-23(12-18)19(24)14-26-13-17-7-4-3-5-8-17/h3-5,7-8,11,18H,6,9-10,12-14H2,1-2H3. The normalized spacial score (nSPS) is 17.2.